The van der Waals surface area contributed by atoms with Gasteiger partial charge in [-0.05, 0) is 132 Å². The maximum atomic E-state index is 12.0. The van der Waals surface area contributed by atoms with E-state index in [0.717, 1.165) is 68.0 Å². The first-order chi connectivity index (χ1) is 22.7. The van der Waals surface area contributed by atoms with Crippen LogP contribution in [0, 0.1) is 27.7 Å². The van der Waals surface area contributed by atoms with Crippen LogP contribution in [0.5, 0.6) is 11.5 Å². The molecule has 0 radical (unpaired) electrons. The fourth-order valence-electron chi connectivity index (χ4n) is 5.84. The zero-order valence-corrected chi connectivity index (χ0v) is 29.8. The van der Waals surface area contributed by atoms with E-state index in [1.165, 1.54) is 14.2 Å². The molecular formula is C41H48O7. The SMILES string of the molecule is COC(=O)c1ccc(-c2cc(C)c(O)c(C)c2)cc1C(C)C.COC(=O)c1ccc(-c2cc(C)c(OCC3CO3)c(C)c2)cc1C(C)C. The number of hydrogen-bond donors (Lipinski definition) is 1. The molecule has 1 unspecified atom stereocenters. The smallest absolute Gasteiger partial charge is 0.338 e. The Hall–Kier alpha value is -4.62. The number of aromatic hydroxyl groups is 1. The first kappa shape index (κ1) is 36.2. The highest BCUT2D eigenvalue weighted by molar-refractivity contribution is 5.93. The largest absolute Gasteiger partial charge is 0.507 e. The Bertz CT molecular complexity index is 1750. The van der Waals surface area contributed by atoms with Gasteiger partial charge in [-0.2, -0.15) is 0 Å². The molecule has 1 fully saturated rings. The highest BCUT2D eigenvalue weighted by Crippen LogP contribution is 2.34. The molecule has 0 aromatic heterocycles. The number of ether oxygens (including phenoxy) is 4. The van der Waals surface area contributed by atoms with Crippen LogP contribution in [-0.4, -0.2) is 50.6 Å². The third-order valence-electron chi connectivity index (χ3n) is 8.59. The summed E-state index contributed by atoms with van der Waals surface area (Å²) in [5.74, 6) is 1.10. The van der Waals surface area contributed by atoms with Crippen molar-refractivity contribution in [2.24, 2.45) is 0 Å². The zero-order chi connectivity index (χ0) is 35.3. The van der Waals surface area contributed by atoms with Crippen molar-refractivity contribution in [3.63, 3.8) is 0 Å². The Morgan fingerprint density at radius 3 is 1.44 bits per heavy atom. The van der Waals surface area contributed by atoms with Gasteiger partial charge in [0.25, 0.3) is 0 Å². The number of phenolic OH excluding ortho intramolecular Hbond substituents is 1. The minimum Gasteiger partial charge on any atom is -0.507 e. The molecule has 7 heteroatoms. The second-order valence-corrected chi connectivity index (χ2v) is 13.1. The van der Waals surface area contributed by atoms with Crippen LogP contribution in [0.3, 0.4) is 0 Å². The van der Waals surface area contributed by atoms with Crippen LogP contribution in [0.2, 0.25) is 0 Å². The van der Waals surface area contributed by atoms with Crippen molar-refractivity contribution >= 4 is 11.9 Å². The van der Waals surface area contributed by atoms with Gasteiger partial charge < -0.3 is 24.1 Å². The number of carbonyl (C=O) groups is 2. The average Bonchev–Trinajstić information content (AvgIpc) is 3.90. The predicted molar refractivity (Wildman–Crippen MR) is 190 cm³/mol. The van der Waals surface area contributed by atoms with E-state index in [1.54, 1.807) is 0 Å². The molecule has 4 aromatic carbocycles. The van der Waals surface area contributed by atoms with Crippen molar-refractivity contribution < 1.29 is 33.6 Å². The number of carbonyl (C=O) groups excluding carboxylic acids is 2. The molecule has 1 heterocycles. The van der Waals surface area contributed by atoms with E-state index in [2.05, 4.69) is 59.7 Å². The Kier molecular flexibility index (Phi) is 11.7. The van der Waals surface area contributed by atoms with Crippen molar-refractivity contribution in [2.75, 3.05) is 27.4 Å². The summed E-state index contributed by atoms with van der Waals surface area (Å²) in [6, 6.07) is 19.9. The van der Waals surface area contributed by atoms with Gasteiger partial charge in [0.15, 0.2) is 0 Å². The second-order valence-electron chi connectivity index (χ2n) is 13.1. The monoisotopic (exact) mass is 652 g/mol. The number of esters is 2. The first-order valence-corrected chi connectivity index (χ1v) is 16.4. The normalized spacial score (nSPS) is 13.5. The van der Waals surface area contributed by atoms with E-state index >= 15 is 0 Å². The molecule has 1 atom stereocenters. The highest BCUT2D eigenvalue weighted by atomic mass is 16.6. The maximum Gasteiger partial charge on any atom is 0.338 e. The molecule has 1 aliphatic rings. The lowest BCUT2D eigenvalue weighted by Crippen LogP contribution is -2.07. The van der Waals surface area contributed by atoms with Gasteiger partial charge >= 0.3 is 11.9 Å². The molecule has 48 heavy (non-hydrogen) atoms. The van der Waals surface area contributed by atoms with E-state index in [9.17, 15) is 14.7 Å². The molecule has 4 aromatic rings. The number of methoxy groups -OCH3 is 2. The first-order valence-electron chi connectivity index (χ1n) is 16.4. The topological polar surface area (TPSA) is 94.6 Å². The van der Waals surface area contributed by atoms with Crippen molar-refractivity contribution in [1.82, 2.24) is 0 Å². The van der Waals surface area contributed by atoms with Gasteiger partial charge in [0.2, 0.25) is 0 Å². The summed E-state index contributed by atoms with van der Waals surface area (Å²) in [5, 5.41) is 9.91. The van der Waals surface area contributed by atoms with Gasteiger partial charge in [0, 0.05) is 0 Å². The number of rotatable bonds is 9. The Morgan fingerprint density at radius 1 is 0.688 bits per heavy atom. The minimum absolute atomic E-state index is 0.216. The fraction of sp³-hybridized carbons (Fsp3) is 0.366. The van der Waals surface area contributed by atoms with Crippen molar-refractivity contribution in [3.05, 3.63) is 105 Å². The number of hydrogen-bond acceptors (Lipinski definition) is 7. The van der Waals surface area contributed by atoms with Crippen LogP contribution in [0.1, 0.15) is 93.6 Å². The third kappa shape index (κ3) is 8.45. The molecule has 254 valence electrons. The summed E-state index contributed by atoms with van der Waals surface area (Å²) >= 11 is 0. The number of phenols is 1. The molecular weight excluding hydrogens is 604 g/mol. The van der Waals surface area contributed by atoms with E-state index in [4.69, 9.17) is 18.9 Å². The molecule has 1 aliphatic heterocycles. The van der Waals surface area contributed by atoms with E-state index < -0.39 is 0 Å². The van der Waals surface area contributed by atoms with Gasteiger partial charge in [0.1, 0.15) is 24.2 Å². The van der Waals surface area contributed by atoms with Gasteiger partial charge in [-0.3, -0.25) is 0 Å². The lowest BCUT2D eigenvalue weighted by molar-refractivity contribution is 0.0590. The number of epoxide rings is 1. The second kappa shape index (κ2) is 15.5. The molecule has 0 aliphatic carbocycles. The number of benzene rings is 4. The van der Waals surface area contributed by atoms with Crippen LogP contribution >= 0.6 is 0 Å². The van der Waals surface area contributed by atoms with E-state index in [1.807, 2.05) is 56.3 Å². The summed E-state index contributed by atoms with van der Waals surface area (Å²) in [6.45, 7) is 17.6. The lowest BCUT2D eigenvalue weighted by atomic mass is 9.91. The van der Waals surface area contributed by atoms with Crippen LogP contribution in [-0.2, 0) is 14.2 Å². The van der Waals surface area contributed by atoms with Crippen molar-refractivity contribution in [3.8, 4) is 33.8 Å². The Balaban J connectivity index is 0.000000220. The lowest BCUT2D eigenvalue weighted by Gasteiger charge is -2.16. The molecule has 0 amide bonds. The summed E-state index contributed by atoms with van der Waals surface area (Å²) in [5.41, 5.74) is 11.4. The molecule has 1 N–H and O–H groups in total. The summed E-state index contributed by atoms with van der Waals surface area (Å²) in [6.07, 6.45) is 0.243. The molecule has 0 saturated carbocycles. The maximum absolute atomic E-state index is 12.0. The van der Waals surface area contributed by atoms with E-state index in [-0.39, 0.29) is 29.9 Å². The van der Waals surface area contributed by atoms with Crippen LogP contribution in [0.25, 0.3) is 22.3 Å². The minimum atomic E-state index is -0.312. The van der Waals surface area contributed by atoms with Crippen LogP contribution < -0.4 is 4.74 Å². The molecule has 0 spiro atoms. The molecule has 7 nitrogen and oxygen atoms in total. The summed E-state index contributed by atoms with van der Waals surface area (Å²) in [7, 11) is 2.81. The fourth-order valence-corrected chi connectivity index (χ4v) is 5.84. The van der Waals surface area contributed by atoms with Gasteiger partial charge in [0.05, 0.1) is 32.0 Å². The summed E-state index contributed by atoms with van der Waals surface area (Å²) < 4.78 is 20.9. The molecule has 1 saturated heterocycles. The standard InChI is InChI=1S/C22H26O4.C19H22O3/c1-13(2)20-10-16(6-7-19(20)22(23)24-5)17-8-14(3)21(15(4)9-17)26-12-18-11-25-18;1-11(2)17-10-14(6-7-16(17)19(21)22-5)15-8-12(3)18(20)13(4)9-15/h6-10,13,18H,11-12H2,1-5H3;6-11,20H,1-5H3. The highest BCUT2D eigenvalue weighted by Gasteiger charge is 2.24. The number of aryl methyl sites for hydroxylation is 4. The summed E-state index contributed by atoms with van der Waals surface area (Å²) in [4.78, 5) is 23.9. The predicted octanol–water partition coefficient (Wildman–Crippen LogP) is 9.24. The zero-order valence-electron chi connectivity index (χ0n) is 29.8. The van der Waals surface area contributed by atoms with Crippen molar-refractivity contribution in [2.45, 2.75) is 73.3 Å². The van der Waals surface area contributed by atoms with Gasteiger partial charge in [-0.25, -0.2) is 9.59 Å². The molecule has 5 rings (SSSR count). The van der Waals surface area contributed by atoms with E-state index in [0.29, 0.717) is 23.5 Å². The average molecular weight is 653 g/mol. The van der Waals surface area contributed by atoms with Gasteiger partial charge in [-0.1, -0.05) is 52.0 Å². The third-order valence-corrected chi connectivity index (χ3v) is 8.59. The van der Waals surface area contributed by atoms with Crippen molar-refractivity contribution in [1.29, 1.82) is 0 Å². The van der Waals surface area contributed by atoms with Crippen LogP contribution in [0.15, 0.2) is 60.7 Å². The quantitative estimate of drug-likeness (QED) is 0.142. The van der Waals surface area contributed by atoms with Crippen LogP contribution in [0.4, 0.5) is 0 Å². The molecule has 0 bridgehead atoms. The Morgan fingerprint density at radius 2 is 1.08 bits per heavy atom. The van der Waals surface area contributed by atoms with Gasteiger partial charge in [-0.15, -0.1) is 0 Å². The Labute approximate surface area is 284 Å².